The summed E-state index contributed by atoms with van der Waals surface area (Å²) in [5.41, 5.74) is 1.58. The predicted molar refractivity (Wildman–Crippen MR) is 106 cm³/mol. The maximum absolute atomic E-state index is 12.3. The smallest absolute Gasteiger partial charge is 0.310 e. The van der Waals surface area contributed by atoms with Crippen molar-refractivity contribution in [3.63, 3.8) is 0 Å². The van der Waals surface area contributed by atoms with Crippen molar-refractivity contribution < 1.29 is 19.1 Å². The Morgan fingerprint density at radius 3 is 2.81 bits per heavy atom. The minimum atomic E-state index is -0.340. The lowest BCUT2D eigenvalue weighted by Gasteiger charge is -2.22. The second-order valence-electron chi connectivity index (χ2n) is 5.89. The summed E-state index contributed by atoms with van der Waals surface area (Å²) in [6, 6.07) is 9.58. The highest BCUT2D eigenvalue weighted by Crippen LogP contribution is 2.31. The van der Waals surface area contributed by atoms with Crippen LogP contribution in [-0.4, -0.2) is 49.8 Å². The third-order valence-electron chi connectivity index (χ3n) is 3.95. The first kappa shape index (κ1) is 21.3. The van der Waals surface area contributed by atoms with Gasteiger partial charge in [-0.1, -0.05) is 30.3 Å². The van der Waals surface area contributed by atoms with Crippen LogP contribution < -0.4 is 10.6 Å². The number of hydrogen-bond acceptors (Lipinski definition) is 7. The zero-order valence-corrected chi connectivity index (χ0v) is 16.5. The monoisotopic (exact) mass is 411 g/mol. The van der Waals surface area contributed by atoms with Gasteiger partial charge in [-0.3, -0.25) is 9.59 Å². The molecule has 1 amide bonds. The third kappa shape index (κ3) is 6.00. The van der Waals surface area contributed by atoms with Crippen LogP contribution in [0, 0.1) is 0 Å². The normalized spacial score (nSPS) is 16.3. The first-order valence-electron chi connectivity index (χ1n) is 8.38. The SMILES string of the molecule is COC(=O)Cc1sc(NC(=O)CC2COCCN2)nc1-c1ccccc1.Cl. The number of nitrogens with zero attached hydrogens (tertiary/aromatic N) is 1. The highest BCUT2D eigenvalue weighted by Gasteiger charge is 2.20. The number of anilines is 1. The molecular formula is C18H22ClN3O4S. The van der Waals surface area contributed by atoms with Gasteiger partial charge < -0.3 is 20.1 Å². The van der Waals surface area contributed by atoms with Crippen molar-refractivity contribution in [2.75, 3.05) is 32.2 Å². The highest BCUT2D eigenvalue weighted by molar-refractivity contribution is 7.16. The number of esters is 1. The number of ether oxygens (including phenoxy) is 2. The molecular weight excluding hydrogens is 390 g/mol. The van der Waals surface area contributed by atoms with E-state index < -0.39 is 0 Å². The number of carbonyl (C=O) groups is 2. The van der Waals surface area contributed by atoms with E-state index in [0.717, 1.165) is 17.0 Å². The Kier molecular flexibility index (Phi) is 8.18. The van der Waals surface area contributed by atoms with Crippen molar-refractivity contribution in [1.29, 1.82) is 0 Å². The minimum Gasteiger partial charge on any atom is -0.469 e. The predicted octanol–water partition coefficient (Wildman–Crippen LogP) is 2.26. The number of halogens is 1. The van der Waals surface area contributed by atoms with Crippen molar-refractivity contribution >= 4 is 40.8 Å². The molecule has 0 radical (unpaired) electrons. The molecule has 0 saturated carbocycles. The molecule has 2 aromatic rings. The molecule has 1 aromatic carbocycles. The van der Waals surface area contributed by atoms with E-state index >= 15 is 0 Å². The average Bonchev–Trinajstić information content (AvgIpc) is 3.05. The summed E-state index contributed by atoms with van der Waals surface area (Å²) < 4.78 is 10.1. The molecule has 0 spiro atoms. The summed E-state index contributed by atoms with van der Waals surface area (Å²) in [5.74, 6) is -0.474. The number of nitrogens with one attached hydrogen (secondary N) is 2. The third-order valence-corrected chi connectivity index (χ3v) is 4.92. The maximum Gasteiger partial charge on any atom is 0.310 e. The van der Waals surface area contributed by atoms with Crippen LogP contribution in [0.5, 0.6) is 0 Å². The quantitative estimate of drug-likeness (QED) is 0.709. The second-order valence-corrected chi connectivity index (χ2v) is 6.97. The van der Waals surface area contributed by atoms with Crippen LogP contribution in [-0.2, 0) is 25.5 Å². The van der Waals surface area contributed by atoms with Crippen LogP contribution in [0.1, 0.15) is 11.3 Å². The molecule has 1 saturated heterocycles. The summed E-state index contributed by atoms with van der Waals surface area (Å²) in [6.45, 7) is 1.94. The Hall–Kier alpha value is -2.00. The second kappa shape index (κ2) is 10.4. The molecule has 2 heterocycles. The molecule has 9 heteroatoms. The van der Waals surface area contributed by atoms with E-state index in [4.69, 9.17) is 9.47 Å². The van der Waals surface area contributed by atoms with Crippen molar-refractivity contribution in [1.82, 2.24) is 10.3 Å². The van der Waals surface area contributed by atoms with Crippen molar-refractivity contribution in [2.45, 2.75) is 18.9 Å². The fourth-order valence-electron chi connectivity index (χ4n) is 2.69. The Bertz CT molecular complexity index is 763. The number of hydrogen-bond donors (Lipinski definition) is 2. The molecule has 1 unspecified atom stereocenters. The Morgan fingerprint density at radius 1 is 1.37 bits per heavy atom. The first-order valence-corrected chi connectivity index (χ1v) is 9.20. The van der Waals surface area contributed by atoms with Crippen LogP contribution in [0.2, 0.25) is 0 Å². The van der Waals surface area contributed by atoms with E-state index in [1.54, 1.807) is 0 Å². The van der Waals surface area contributed by atoms with E-state index in [0.29, 0.717) is 30.5 Å². The molecule has 0 bridgehead atoms. The standard InChI is InChI=1S/C18H21N3O4S.ClH/c1-24-16(23)10-14-17(12-5-3-2-4-6-12)21-18(26-14)20-15(22)9-13-11-25-8-7-19-13;/h2-6,13,19H,7-11H2,1H3,(H,20,21,22);1H. The fraction of sp³-hybridized carbons (Fsp3) is 0.389. The van der Waals surface area contributed by atoms with Crippen molar-refractivity contribution in [2.24, 2.45) is 0 Å². The van der Waals surface area contributed by atoms with Gasteiger partial charge in [0.15, 0.2) is 5.13 Å². The molecule has 1 aliphatic heterocycles. The molecule has 0 aliphatic carbocycles. The minimum absolute atomic E-state index is 0. The molecule has 1 aromatic heterocycles. The molecule has 146 valence electrons. The van der Waals surface area contributed by atoms with E-state index in [1.807, 2.05) is 30.3 Å². The zero-order chi connectivity index (χ0) is 18.4. The molecule has 7 nitrogen and oxygen atoms in total. The number of rotatable bonds is 6. The number of thiazole rings is 1. The summed E-state index contributed by atoms with van der Waals surface area (Å²) in [5, 5.41) is 6.56. The Morgan fingerprint density at radius 2 is 2.15 bits per heavy atom. The van der Waals surface area contributed by atoms with E-state index in [-0.39, 0.29) is 36.7 Å². The fourth-order valence-corrected chi connectivity index (χ4v) is 3.68. The average molecular weight is 412 g/mol. The number of carbonyl (C=O) groups excluding carboxylic acids is 2. The van der Waals surface area contributed by atoms with E-state index in [9.17, 15) is 9.59 Å². The number of benzene rings is 1. The van der Waals surface area contributed by atoms with Crippen LogP contribution >= 0.6 is 23.7 Å². The van der Waals surface area contributed by atoms with Crippen LogP contribution in [0.15, 0.2) is 30.3 Å². The van der Waals surface area contributed by atoms with Gasteiger partial charge in [-0.15, -0.1) is 23.7 Å². The van der Waals surface area contributed by atoms with Crippen LogP contribution in [0.3, 0.4) is 0 Å². The molecule has 1 fully saturated rings. The number of morpholine rings is 1. The molecule has 1 aliphatic rings. The topological polar surface area (TPSA) is 89.5 Å². The molecule has 3 rings (SSSR count). The van der Waals surface area contributed by atoms with E-state index in [1.165, 1.54) is 18.4 Å². The van der Waals surface area contributed by atoms with Gasteiger partial charge in [0, 0.05) is 29.4 Å². The van der Waals surface area contributed by atoms with Gasteiger partial charge in [-0.05, 0) is 0 Å². The van der Waals surface area contributed by atoms with Crippen LogP contribution in [0.4, 0.5) is 5.13 Å². The molecule has 1 atom stereocenters. The Labute approximate surface area is 167 Å². The lowest BCUT2D eigenvalue weighted by Crippen LogP contribution is -2.43. The van der Waals surface area contributed by atoms with Gasteiger partial charge in [-0.25, -0.2) is 4.98 Å². The van der Waals surface area contributed by atoms with Crippen molar-refractivity contribution in [3.8, 4) is 11.3 Å². The van der Waals surface area contributed by atoms with Crippen molar-refractivity contribution in [3.05, 3.63) is 35.2 Å². The lowest BCUT2D eigenvalue weighted by molar-refractivity contribution is -0.139. The lowest BCUT2D eigenvalue weighted by atomic mass is 10.1. The number of aromatic nitrogens is 1. The van der Waals surface area contributed by atoms with Gasteiger partial charge in [0.2, 0.25) is 5.91 Å². The van der Waals surface area contributed by atoms with Gasteiger partial charge in [0.1, 0.15) is 0 Å². The van der Waals surface area contributed by atoms with Gasteiger partial charge in [0.05, 0.1) is 32.4 Å². The van der Waals surface area contributed by atoms with Gasteiger partial charge in [0.25, 0.3) is 0 Å². The Balaban J connectivity index is 0.00000261. The zero-order valence-electron chi connectivity index (χ0n) is 14.9. The van der Waals surface area contributed by atoms with Gasteiger partial charge >= 0.3 is 5.97 Å². The van der Waals surface area contributed by atoms with E-state index in [2.05, 4.69) is 15.6 Å². The van der Waals surface area contributed by atoms with Gasteiger partial charge in [-0.2, -0.15) is 0 Å². The first-order chi connectivity index (χ1) is 12.7. The summed E-state index contributed by atoms with van der Waals surface area (Å²) in [6.07, 6.45) is 0.429. The molecule has 27 heavy (non-hydrogen) atoms. The number of methoxy groups -OCH3 is 1. The summed E-state index contributed by atoms with van der Waals surface area (Å²) >= 11 is 1.29. The summed E-state index contributed by atoms with van der Waals surface area (Å²) in [7, 11) is 1.35. The summed E-state index contributed by atoms with van der Waals surface area (Å²) in [4.78, 5) is 29.3. The number of amides is 1. The maximum atomic E-state index is 12.3. The molecule has 2 N–H and O–H groups in total. The largest absolute Gasteiger partial charge is 0.469 e. The highest BCUT2D eigenvalue weighted by atomic mass is 35.5. The van der Waals surface area contributed by atoms with Crippen LogP contribution in [0.25, 0.3) is 11.3 Å².